The molecule has 0 aliphatic rings. The molecule has 10 nitrogen and oxygen atoms in total. The fourth-order valence-electron chi connectivity index (χ4n) is 4.29. The van der Waals surface area contributed by atoms with Crippen molar-refractivity contribution in [2.24, 2.45) is 0 Å². The van der Waals surface area contributed by atoms with E-state index in [2.05, 4.69) is 24.5 Å². The first-order valence-electron chi connectivity index (χ1n) is 14.0. The zero-order valence-electron chi connectivity index (χ0n) is 25.8. The number of rotatable bonds is 9. The molecule has 45 heavy (non-hydrogen) atoms. The Labute approximate surface area is 262 Å². The number of phenolic OH excluding ortho intramolecular Hbond substituents is 1. The molecule has 1 amide bonds. The molecule has 0 fully saturated rings. The molecule has 0 aliphatic carbocycles. The fourth-order valence-corrected chi connectivity index (χ4v) is 5.72. The maximum atomic E-state index is 13.7. The SMILES string of the molecule is C=O.CCC(C)c1ccc(Oc2cc(Nc3ccc(C(=O)OC)cc3)c(O)cc2NC(=O)S(C)(=O)(O)c2cccc(C)c2)cc1. The number of esters is 1. The number of anilines is 3. The van der Waals surface area contributed by atoms with Crippen LogP contribution in [-0.2, 0) is 18.9 Å². The van der Waals surface area contributed by atoms with E-state index in [1.54, 1.807) is 55.5 Å². The molecule has 4 rings (SSSR count). The van der Waals surface area contributed by atoms with E-state index in [9.17, 15) is 23.5 Å². The van der Waals surface area contributed by atoms with E-state index in [1.165, 1.54) is 31.4 Å². The summed E-state index contributed by atoms with van der Waals surface area (Å²) in [6, 6.07) is 22.9. The molecule has 0 saturated heterocycles. The lowest BCUT2D eigenvalue weighted by Gasteiger charge is -2.37. The monoisotopic (exact) mass is 634 g/mol. The third-order valence-corrected chi connectivity index (χ3v) is 9.53. The highest BCUT2D eigenvalue weighted by Gasteiger charge is 2.35. The topological polar surface area (TPSA) is 151 Å². The predicted molar refractivity (Wildman–Crippen MR) is 177 cm³/mol. The second-order valence-corrected chi connectivity index (χ2v) is 14.0. The molecule has 0 heterocycles. The largest absolute Gasteiger partial charge is 0.506 e. The van der Waals surface area contributed by atoms with Crippen molar-refractivity contribution in [3.05, 3.63) is 102 Å². The second-order valence-electron chi connectivity index (χ2n) is 10.6. The molecule has 11 heteroatoms. The van der Waals surface area contributed by atoms with Crippen LogP contribution in [0.5, 0.6) is 17.2 Å². The number of benzene rings is 4. The molecule has 1 atom stereocenters. The molecular formula is C34H38N2O8S. The lowest BCUT2D eigenvalue weighted by Crippen LogP contribution is -2.43. The van der Waals surface area contributed by atoms with Gasteiger partial charge < -0.3 is 30.0 Å². The average molecular weight is 635 g/mol. The van der Waals surface area contributed by atoms with Crippen molar-refractivity contribution in [3.63, 3.8) is 0 Å². The number of hydrogen-bond acceptors (Lipinski definition) is 8. The molecule has 238 valence electrons. The zero-order valence-corrected chi connectivity index (χ0v) is 26.6. The molecule has 1 unspecified atom stereocenters. The Kier molecular flexibility index (Phi) is 10.9. The number of nitrogens with one attached hydrogen (secondary N) is 2. The normalized spacial score (nSPS) is 12.4. The second kappa shape index (κ2) is 14.2. The lowest BCUT2D eigenvalue weighted by atomic mass is 9.99. The highest BCUT2D eigenvalue weighted by molar-refractivity contribution is 8.27. The number of aromatic hydroxyl groups is 1. The maximum Gasteiger partial charge on any atom is 0.338 e. The standard InChI is InChI=1S/C33H36N2O7S.CH2O/c1-6-22(3)23-12-16-26(17-13-23)42-31-20-28(34-25-14-10-24(11-15-25)32(37)41-4)30(36)19-29(31)35-33(38)43(5,39,40)27-9-7-8-21(2)18-27;1-2/h7-20,22,34,36H,6H2,1-5H3,(H,35,38)(H,39,40);1H2. The Balaban J connectivity index is 0.00000271. The average Bonchev–Trinajstić information content (AvgIpc) is 3.03. The Morgan fingerprint density at radius 1 is 0.956 bits per heavy atom. The smallest absolute Gasteiger partial charge is 0.338 e. The van der Waals surface area contributed by atoms with E-state index < -0.39 is 20.6 Å². The van der Waals surface area contributed by atoms with Crippen molar-refractivity contribution in [2.45, 2.75) is 38.0 Å². The van der Waals surface area contributed by atoms with E-state index in [1.807, 2.05) is 18.9 Å². The summed E-state index contributed by atoms with van der Waals surface area (Å²) in [5, 5.41) is 15.3. The minimum absolute atomic E-state index is 0.0116. The van der Waals surface area contributed by atoms with Crippen LogP contribution in [0.15, 0.2) is 89.8 Å². The summed E-state index contributed by atoms with van der Waals surface area (Å²) < 4.78 is 35.8. The number of amides is 1. The first kappa shape index (κ1) is 34.5. The van der Waals surface area contributed by atoms with Gasteiger partial charge >= 0.3 is 11.2 Å². The van der Waals surface area contributed by atoms with Gasteiger partial charge in [-0.3, -0.25) is 4.55 Å². The van der Waals surface area contributed by atoms with Crippen molar-refractivity contribution in [3.8, 4) is 17.2 Å². The summed E-state index contributed by atoms with van der Waals surface area (Å²) in [6.07, 6.45) is 1.97. The Hall–Kier alpha value is -5.00. The van der Waals surface area contributed by atoms with Gasteiger partial charge in [0.25, 0.3) is 0 Å². The van der Waals surface area contributed by atoms with Gasteiger partial charge in [-0.1, -0.05) is 47.5 Å². The molecule has 0 radical (unpaired) electrons. The summed E-state index contributed by atoms with van der Waals surface area (Å²) >= 11 is 0. The van der Waals surface area contributed by atoms with E-state index in [4.69, 9.17) is 14.3 Å². The highest BCUT2D eigenvalue weighted by Crippen LogP contribution is 2.41. The maximum absolute atomic E-state index is 13.7. The number of aryl methyl sites for hydroxylation is 1. The molecule has 0 spiro atoms. The third kappa shape index (κ3) is 8.14. The molecule has 0 saturated carbocycles. The summed E-state index contributed by atoms with van der Waals surface area (Å²) in [4.78, 5) is 33.2. The van der Waals surface area contributed by atoms with E-state index in [0.717, 1.165) is 23.8 Å². The number of methoxy groups -OCH3 is 1. The van der Waals surface area contributed by atoms with Crippen LogP contribution in [0, 0.1) is 6.92 Å². The Morgan fingerprint density at radius 2 is 1.60 bits per heavy atom. The zero-order chi connectivity index (χ0) is 33.4. The third-order valence-electron chi connectivity index (χ3n) is 7.19. The lowest BCUT2D eigenvalue weighted by molar-refractivity contribution is -0.0980. The minimum Gasteiger partial charge on any atom is -0.506 e. The van der Waals surface area contributed by atoms with Gasteiger partial charge in [0.05, 0.1) is 28.9 Å². The van der Waals surface area contributed by atoms with Gasteiger partial charge in [0.15, 0.2) is 5.75 Å². The highest BCUT2D eigenvalue weighted by atomic mass is 32.3. The van der Waals surface area contributed by atoms with Crippen LogP contribution in [0.25, 0.3) is 0 Å². The van der Waals surface area contributed by atoms with E-state index in [-0.39, 0.29) is 27.8 Å². The van der Waals surface area contributed by atoms with E-state index in [0.29, 0.717) is 22.9 Å². The first-order valence-corrected chi connectivity index (χ1v) is 16.3. The van der Waals surface area contributed by atoms with Gasteiger partial charge in [-0.15, -0.1) is 0 Å². The molecule has 0 bridgehead atoms. The molecule has 4 aromatic rings. The molecule has 4 aromatic carbocycles. The van der Waals surface area contributed by atoms with Gasteiger partial charge in [-0.2, -0.15) is 4.21 Å². The van der Waals surface area contributed by atoms with Crippen LogP contribution < -0.4 is 15.4 Å². The van der Waals surface area contributed by atoms with Gasteiger partial charge in [0, 0.05) is 24.1 Å². The number of hydrogen-bond donors (Lipinski definition) is 4. The number of carbonyl (C=O) groups is 3. The van der Waals surface area contributed by atoms with Crippen LogP contribution in [0.3, 0.4) is 0 Å². The van der Waals surface area contributed by atoms with Crippen LogP contribution in [0.4, 0.5) is 21.9 Å². The fraction of sp³-hybridized carbons (Fsp3) is 0.206. The summed E-state index contributed by atoms with van der Waals surface area (Å²) in [5.74, 6) is 0.187. The molecule has 0 aliphatic heterocycles. The molecule has 4 N–H and O–H groups in total. The van der Waals surface area contributed by atoms with Gasteiger partial charge in [-0.25, -0.2) is 9.59 Å². The Morgan fingerprint density at radius 3 is 2.18 bits per heavy atom. The van der Waals surface area contributed by atoms with Crippen LogP contribution in [-0.4, -0.2) is 45.2 Å². The summed E-state index contributed by atoms with van der Waals surface area (Å²) in [6.45, 7) is 7.99. The first-order chi connectivity index (χ1) is 21.3. The van der Waals surface area contributed by atoms with Gasteiger partial charge in [0.2, 0.25) is 0 Å². The van der Waals surface area contributed by atoms with E-state index >= 15 is 0 Å². The van der Waals surface area contributed by atoms with Crippen molar-refractivity contribution in [1.29, 1.82) is 0 Å². The minimum atomic E-state index is -5.03. The van der Waals surface area contributed by atoms with Crippen molar-refractivity contribution in [1.82, 2.24) is 0 Å². The van der Waals surface area contributed by atoms with Crippen LogP contribution in [0.1, 0.15) is 47.7 Å². The summed E-state index contributed by atoms with van der Waals surface area (Å²) in [7, 11) is -3.74. The van der Waals surface area contributed by atoms with Crippen molar-refractivity contribution >= 4 is 44.4 Å². The number of carbonyl (C=O) groups excluding carboxylic acids is 3. The summed E-state index contributed by atoms with van der Waals surface area (Å²) in [5.41, 5.74) is 2.98. The van der Waals surface area contributed by atoms with Crippen LogP contribution in [0.2, 0.25) is 0 Å². The van der Waals surface area contributed by atoms with Crippen LogP contribution >= 0.6 is 0 Å². The quantitative estimate of drug-likeness (QED) is 0.106. The Bertz CT molecular complexity index is 1730. The molecule has 0 aromatic heterocycles. The number of phenols is 1. The van der Waals surface area contributed by atoms with Gasteiger partial charge in [0.1, 0.15) is 18.3 Å². The van der Waals surface area contributed by atoms with Gasteiger partial charge in [-0.05, 0) is 78.9 Å². The predicted octanol–water partition coefficient (Wildman–Crippen LogP) is 7.87. The number of ether oxygens (including phenoxy) is 2. The molecular weight excluding hydrogens is 596 g/mol. The van der Waals surface area contributed by atoms with Crippen molar-refractivity contribution in [2.75, 3.05) is 24.0 Å². The van der Waals surface area contributed by atoms with Crippen molar-refractivity contribution < 1.29 is 37.7 Å².